The Morgan fingerprint density at radius 1 is 1.07 bits per heavy atom. The fraction of sp³-hybridized carbons (Fsp3) is 0. The number of carbonyl (C=O) groups is 2. The number of para-hydroxylation sites is 1. The van der Waals surface area contributed by atoms with Crippen LogP contribution in [-0.2, 0) is 9.59 Å². The predicted molar refractivity (Wildman–Crippen MR) is 103 cm³/mol. The van der Waals surface area contributed by atoms with Crippen LogP contribution in [0.4, 0.5) is 5.69 Å². The second-order valence-corrected chi connectivity index (χ2v) is 6.14. The highest BCUT2D eigenvalue weighted by atomic mass is 35.5. The van der Waals surface area contributed by atoms with Gasteiger partial charge in [0.05, 0.1) is 27.9 Å². The Balaban J connectivity index is 1.68. The van der Waals surface area contributed by atoms with E-state index in [1.165, 1.54) is 18.4 Å². The monoisotopic (exact) mass is 403 g/mol. The third kappa shape index (κ3) is 4.33. The Bertz CT molecular complexity index is 1130. The zero-order valence-corrected chi connectivity index (χ0v) is 15.0. The van der Waals surface area contributed by atoms with Gasteiger partial charge in [-0.05, 0) is 30.3 Å². The van der Waals surface area contributed by atoms with Crippen molar-refractivity contribution in [3.63, 3.8) is 0 Å². The molecule has 0 fully saturated rings. The van der Waals surface area contributed by atoms with E-state index in [9.17, 15) is 14.4 Å². The van der Waals surface area contributed by atoms with Crippen molar-refractivity contribution < 1.29 is 14.0 Å². The molecule has 1 heterocycles. The lowest BCUT2D eigenvalue weighted by atomic mass is 10.2. The van der Waals surface area contributed by atoms with E-state index in [2.05, 4.69) is 10.4 Å². The number of hydrogen-bond donors (Lipinski definition) is 2. The molecule has 0 bridgehead atoms. The zero-order chi connectivity index (χ0) is 19.4. The van der Waals surface area contributed by atoms with Crippen molar-refractivity contribution in [3.05, 3.63) is 74.6 Å². The molecule has 0 unspecified atom stereocenters. The Labute approximate surface area is 162 Å². The topological polar surface area (TPSA) is 101 Å². The average molecular weight is 404 g/mol. The number of benzene rings is 2. The van der Waals surface area contributed by atoms with E-state index in [1.54, 1.807) is 30.3 Å². The number of halogens is 2. The van der Waals surface area contributed by atoms with Crippen LogP contribution >= 0.6 is 23.2 Å². The van der Waals surface area contributed by atoms with Crippen LogP contribution in [0.15, 0.2) is 63.0 Å². The van der Waals surface area contributed by atoms with Crippen LogP contribution in [0.5, 0.6) is 0 Å². The molecule has 27 heavy (non-hydrogen) atoms. The second-order valence-electron chi connectivity index (χ2n) is 5.29. The van der Waals surface area contributed by atoms with Gasteiger partial charge in [-0.2, -0.15) is 5.10 Å². The molecule has 3 aromatic rings. The summed E-state index contributed by atoms with van der Waals surface area (Å²) < 4.78 is 5.32. The number of amides is 2. The summed E-state index contributed by atoms with van der Waals surface area (Å²) in [6, 6.07) is 11.1. The predicted octanol–water partition coefficient (Wildman–Crippen LogP) is 3.19. The molecule has 136 valence electrons. The Kier molecular flexibility index (Phi) is 5.54. The summed E-state index contributed by atoms with van der Waals surface area (Å²) in [5.41, 5.74) is 2.44. The van der Waals surface area contributed by atoms with Gasteiger partial charge in [0.15, 0.2) is 0 Å². The molecule has 0 radical (unpaired) electrons. The van der Waals surface area contributed by atoms with E-state index in [0.717, 1.165) is 6.21 Å². The summed E-state index contributed by atoms with van der Waals surface area (Å²) in [6.45, 7) is 0. The number of hydrogen-bond acceptors (Lipinski definition) is 5. The van der Waals surface area contributed by atoms with Gasteiger partial charge in [-0.15, -0.1) is 0 Å². The van der Waals surface area contributed by atoms with Crippen molar-refractivity contribution in [2.45, 2.75) is 0 Å². The highest BCUT2D eigenvalue weighted by molar-refractivity contribution is 6.42. The maximum atomic E-state index is 12.3. The summed E-state index contributed by atoms with van der Waals surface area (Å²) in [5, 5.41) is 6.86. The van der Waals surface area contributed by atoms with Gasteiger partial charge >= 0.3 is 11.8 Å². The lowest BCUT2D eigenvalue weighted by Gasteiger charge is -2.06. The van der Waals surface area contributed by atoms with Crippen LogP contribution in [0, 0.1) is 0 Å². The van der Waals surface area contributed by atoms with Crippen LogP contribution in [0.2, 0.25) is 10.0 Å². The van der Waals surface area contributed by atoms with Crippen molar-refractivity contribution >= 4 is 57.9 Å². The van der Waals surface area contributed by atoms with Crippen LogP contribution in [0.25, 0.3) is 11.0 Å². The van der Waals surface area contributed by atoms with Crippen molar-refractivity contribution in [3.8, 4) is 0 Å². The largest absolute Gasteiger partial charge is 0.463 e. The number of carbonyl (C=O) groups excluding carboxylic acids is 2. The van der Waals surface area contributed by atoms with Gasteiger partial charge in [-0.25, -0.2) is 5.43 Å². The van der Waals surface area contributed by atoms with Crippen LogP contribution in [0.1, 0.15) is 5.56 Å². The third-order valence-corrected chi connectivity index (χ3v) is 4.02. The second kappa shape index (κ2) is 8.03. The van der Waals surface area contributed by atoms with E-state index in [-0.39, 0.29) is 21.7 Å². The molecule has 1 aromatic heterocycles. The summed E-state index contributed by atoms with van der Waals surface area (Å²) in [5.74, 6) is -2.05. The number of anilines is 1. The minimum absolute atomic E-state index is 0.118. The number of fused-ring (bicyclic) bond motifs is 1. The number of hydrazone groups is 1. The molecule has 9 heteroatoms. The molecule has 0 atom stereocenters. The highest BCUT2D eigenvalue weighted by Gasteiger charge is 2.15. The molecule has 7 nitrogen and oxygen atoms in total. The fourth-order valence-electron chi connectivity index (χ4n) is 2.17. The van der Waals surface area contributed by atoms with Crippen LogP contribution < -0.4 is 16.2 Å². The van der Waals surface area contributed by atoms with Crippen molar-refractivity contribution in [2.24, 2.45) is 5.10 Å². The first-order chi connectivity index (χ1) is 13.0. The Morgan fingerprint density at radius 3 is 2.67 bits per heavy atom. The minimum Gasteiger partial charge on any atom is -0.463 e. The molecule has 0 saturated carbocycles. The SMILES string of the molecule is O=C(N/N=C/c1coc2ccccc2c1=O)C(=O)Nc1cc(Cl)ccc1Cl. The Hall–Kier alpha value is -3.16. The normalized spacial score (nSPS) is 10.9. The first-order valence-electron chi connectivity index (χ1n) is 7.55. The summed E-state index contributed by atoms with van der Waals surface area (Å²) in [4.78, 5) is 36.0. The third-order valence-electron chi connectivity index (χ3n) is 3.46. The smallest absolute Gasteiger partial charge is 0.329 e. The molecule has 0 saturated heterocycles. The van der Waals surface area contributed by atoms with Gasteiger partial charge in [0.2, 0.25) is 5.43 Å². The number of nitrogens with zero attached hydrogens (tertiary/aromatic N) is 1. The lowest BCUT2D eigenvalue weighted by molar-refractivity contribution is -0.136. The summed E-state index contributed by atoms with van der Waals surface area (Å²) in [6.07, 6.45) is 2.31. The molecule has 2 aromatic carbocycles. The van der Waals surface area contributed by atoms with Gasteiger partial charge < -0.3 is 9.73 Å². The first-order valence-corrected chi connectivity index (χ1v) is 8.31. The van der Waals surface area contributed by atoms with Crippen LogP contribution in [0.3, 0.4) is 0 Å². The lowest BCUT2D eigenvalue weighted by Crippen LogP contribution is -2.32. The summed E-state index contributed by atoms with van der Waals surface area (Å²) in [7, 11) is 0. The molecule has 0 aliphatic carbocycles. The van der Waals surface area contributed by atoms with Crippen LogP contribution in [-0.4, -0.2) is 18.0 Å². The molecule has 0 aliphatic rings. The first kappa shape index (κ1) is 18.6. The van der Waals surface area contributed by atoms with Crippen molar-refractivity contribution in [2.75, 3.05) is 5.32 Å². The quantitative estimate of drug-likeness (QED) is 0.398. The van der Waals surface area contributed by atoms with Crippen molar-refractivity contribution in [1.29, 1.82) is 0 Å². The number of nitrogens with one attached hydrogen (secondary N) is 2. The van der Waals surface area contributed by atoms with Gasteiger partial charge in [0.25, 0.3) is 0 Å². The molecule has 2 amide bonds. The highest BCUT2D eigenvalue weighted by Crippen LogP contribution is 2.25. The van der Waals surface area contributed by atoms with Gasteiger partial charge in [0, 0.05) is 5.02 Å². The molecular formula is C18H11Cl2N3O4. The maximum Gasteiger partial charge on any atom is 0.329 e. The van der Waals surface area contributed by atoms with E-state index in [0.29, 0.717) is 16.0 Å². The van der Waals surface area contributed by atoms with Gasteiger partial charge in [-0.3, -0.25) is 14.4 Å². The van der Waals surface area contributed by atoms with Gasteiger partial charge in [0.1, 0.15) is 11.8 Å². The van der Waals surface area contributed by atoms with Gasteiger partial charge in [-0.1, -0.05) is 35.3 Å². The van der Waals surface area contributed by atoms with Crippen molar-refractivity contribution in [1.82, 2.24) is 5.43 Å². The van der Waals surface area contributed by atoms with E-state index in [4.69, 9.17) is 27.6 Å². The standard InChI is InChI=1S/C18H11Cl2N3O4/c19-11-5-6-13(20)14(7-11)22-17(25)18(26)23-21-8-10-9-27-15-4-2-1-3-12(15)16(10)24/h1-9H,(H,22,25)(H,23,26)/b21-8+. The maximum absolute atomic E-state index is 12.3. The molecule has 0 spiro atoms. The molecule has 3 rings (SSSR count). The number of rotatable bonds is 3. The van der Waals surface area contributed by atoms with E-state index in [1.807, 2.05) is 5.43 Å². The molecule has 2 N–H and O–H groups in total. The fourth-order valence-corrected chi connectivity index (χ4v) is 2.50. The zero-order valence-electron chi connectivity index (χ0n) is 13.5. The molecule has 0 aliphatic heterocycles. The average Bonchev–Trinajstić information content (AvgIpc) is 2.66. The van der Waals surface area contributed by atoms with E-state index >= 15 is 0 Å². The summed E-state index contributed by atoms with van der Waals surface area (Å²) >= 11 is 11.7. The molecular weight excluding hydrogens is 393 g/mol. The minimum atomic E-state index is -1.05. The Morgan fingerprint density at radius 2 is 1.85 bits per heavy atom. The van der Waals surface area contributed by atoms with E-state index < -0.39 is 11.8 Å².